The number of aryl methyl sites for hydroxylation is 2. The Morgan fingerprint density at radius 3 is 2.63 bits per heavy atom. The van der Waals surface area contributed by atoms with E-state index in [0.717, 1.165) is 5.56 Å². The molecule has 0 radical (unpaired) electrons. The molecule has 6 nitrogen and oxygen atoms in total. The minimum atomic E-state index is -0.637. The molecule has 0 saturated carbocycles. The number of nitrogens with two attached hydrogens (primary N) is 1. The molecular formula is C13H18N2O4. The molecule has 1 fully saturated rings. The maximum absolute atomic E-state index is 12.4. The van der Waals surface area contributed by atoms with Crippen LogP contribution in [-0.2, 0) is 9.53 Å². The highest BCUT2D eigenvalue weighted by atomic mass is 16.5. The third kappa shape index (κ3) is 2.49. The average Bonchev–Trinajstić information content (AvgIpc) is 2.91. The van der Waals surface area contributed by atoms with Crippen molar-refractivity contribution in [1.82, 2.24) is 4.90 Å². The van der Waals surface area contributed by atoms with E-state index in [9.17, 15) is 9.59 Å². The molecule has 6 heteroatoms. The Hall–Kier alpha value is -1.82. The standard InChI is InChI=1S/C13H18N2O4/c1-7-4-8(2)19-11(7)13(17)15-6-9(18-3)5-10(15)12(14)16/h4,9-10H,5-6H2,1-3H3,(H2,14,16)/t9-,10-/m0/s1. The first-order valence-electron chi connectivity index (χ1n) is 6.14. The lowest BCUT2D eigenvalue weighted by atomic mass is 10.2. The third-order valence-electron chi connectivity index (χ3n) is 3.42. The van der Waals surface area contributed by atoms with E-state index in [1.165, 1.54) is 4.90 Å². The van der Waals surface area contributed by atoms with E-state index >= 15 is 0 Å². The molecule has 0 bridgehead atoms. The zero-order valence-electron chi connectivity index (χ0n) is 11.3. The zero-order chi connectivity index (χ0) is 14.2. The van der Waals surface area contributed by atoms with Crippen LogP contribution in [0.5, 0.6) is 0 Å². The normalized spacial score (nSPS) is 22.8. The van der Waals surface area contributed by atoms with Crippen LogP contribution >= 0.6 is 0 Å². The van der Waals surface area contributed by atoms with Crippen LogP contribution in [-0.4, -0.2) is 42.5 Å². The number of hydrogen-bond acceptors (Lipinski definition) is 4. The van der Waals surface area contributed by atoms with Crippen LogP contribution in [0.1, 0.15) is 28.3 Å². The molecule has 104 valence electrons. The predicted octanol–water partition coefficient (Wildman–Crippen LogP) is 0.611. The maximum Gasteiger partial charge on any atom is 0.290 e. The second kappa shape index (κ2) is 5.05. The molecule has 0 aliphatic carbocycles. The van der Waals surface area contributed by atoms with Crippen LogP contribution in [0.3, 0.4) is 0 Å². The van der Waals surface area contributed by atoms with Gasteiger partial charge in [-0.2, -0.15) is 0 Å². The molecule has 2 rings (SSSR count). The van der Waals surface area contributed by atoms with Crippen molar-refractivity contribution in [2.45, 2.75) is 32.4 Å². The van der Waals surface area contributed by atoms with Crippen molar-refractivity contribution in [2.75, 3.05) is 13.7 Å². The van der Waals surface area contributed by atoms with Gasteiger partial charge in [0.25, 0.3) is 5.91 Å². The summed E-state index contributed by atoms with van der Waals surface area (Å²) in [5.74, 6) is 0.0993. The van der Waals surface area contributed by atoms with Crippen molar-refractivity contribution in [3.63, 3.8) is 0 Å². The molecule has 2 amide bonds. The summed E-state index contributed by atoms with van der Waals surface area (Å²) in [5, 5.41) is 0. The average molecular weight is 266 g/mol. The number of carbonyl (C=O) groups is 2. The van der Waals surface area contributed by atoms with Crippen molar-refractivity contribution in [3.8, 4) is 0 Å². The maximum atomic E-state index is 12.4. The Balaban J connectivity index is 2.26. The number of ether oxygens (including phenoxy) is 1. The van der Waals surface area contributed by atoms with Gasteiger partial charge in [-0.3, -0.25) is 9.59 Å². The minimum Gasteiger partial charge on any atom is -0.456 e. The second-order valence-electron chi connectivity index (χ2n) is 4.84. The first kappa shape index (κ1) is 13.6. The fourth-order valence-corrected chi connectivity index (χ4v) is 2.45. The number of carbonyl (C=O) groups excluding carboxylic acids is 2. The van der Waals surface area contributed by atoms with Gasteiger partial charge in [0.1, 0.15) is 11.8 Å². The van der Waals surface area contributed by atoms with Crippen molar-refractivity contribution in [3.05, 3.63) is 23.2 Å². The monoisotopic (exact) mass is 266 g/mol. The zero-order valence-corrected chi connectivity index (χ0v) is 11.3. The van der Waals surface area contributed by atoms with Gasteiger partial charge in [-0.05, 0) is 19.9 Å². The van der Waals surface area contributed by atoms with Crippen LogP contribution in [0.2, 0.25) is 0 Å². The predicted molar refractivity (Wildman–Crippen MR) is 67.6 cm³/mol. The quantitative estimate of drug-likeness (QED) is 0.868. The number of amides is 2. The molecule has 2 heterocycles. The highest BCUT2D eigenvalue weighted by molar-refractivity contribution is 5.96. The van der Waals surface area contributed by atoms with Gasteiger partial charge in [-0.1, -0.05) is 0 Å². The van der Waals surface area contributed by atoms with E-state index in [0.29, 0.717) is 18.7 Å². The van der Waals surface area contributed by atoms with Gasteiger partial charge >= 0.3 is 0 Å². The molecule has 1 aliphatic rings. The summed E-state index contributed by atoms with van der Waals surface area (Å²) in [4.78, 5) is 25.3. The topological polar surface area (TPSA) is 85.8 Å². The van der Waals surface area contributed by atoms with Crippen molar-refractivity contribution in [1.29, 1.82) is 0 Å². The van der Waals surface area contributed by atoms with Gasteiger partial charge in [0.05, 0.1) is 6.10 Å². The van der Waals surface area contributed by atoms with Crippen LogP contribution < -0.4 is 5.73 Å². The highest BCUT2D eigenvalue weighted by Crippen LogP contribution is 2.24. The first-order valence-corrected chi connectivity index (χ1v) is 6.14. The lowest BCUT2D eigenvalue weighted by Crippen LogP contribution is -2.43. The summed E-state index contributed by atoms with van der Waals surface area (Å²) in [7, 11) is 1.55. The summed E-state index contributed by atoms with van der Waals surface area (Å²) >= 11 is 0. The minimum absolute atomic E-state index is 0.169. The van der Waals surface area contributed by atoms with E-state index in [1.807, 2.05) is 0 Å². The molecule has 2 atom stereocenters. The number of hydrogen-bond donors (Lipinski definition) is 1. The lowest BCUT2D eigenvalue weighted by Gasteiger charge is -2.21. The van der Waals surface area contributed by atoms with Crippen molar-refractivity contribution in [2.24, 2.45) is 5.73 Å². The van der Waals surface area contributed by atoms with Gasteiger partial charge in [0, 0.05) is 25.6 Å². The Labute approximate surface area is 111 Å². The SMILES string of the molecule is CO[C@H]1C[C@@H](C(N)=O)N(C(=O)c2oc(C)cc2C)C1. The van der Waals surface area contributed by atoms with Gasteiger partial charge in [0.2, 0.25) is 5.91 Å². The number of likely N-dealkylation sites (tertiary alicyclic amines) is 1. The van der Waals surface area contributed by atoms with Gasteiger partial charge in [-0.15, -0.1) is 0 Å². The van der Waals surface area contributed by atoms with Crippen LogP contribution in [0.25, 0.3) is 0 Å². The summed E-state index contributed by atoms with van der Waals surface area (Å²) < 4.78 is 10.6. The molecule has 19 heavy (non-hydrogen) atoms. The summed E-state index contributed by atoms with van der Waals surface area (Å²) in [5.41, 5.74) is 6.10. The van der Waals surface area contributed by atoms with E-state index < -0.39 is 11.9 Å². The summed E-state index contributed by atoms with van der Waals surface area (Å²) in [6, 6.07) is 1.15. The van der Waals surface area contributed by atoms with Crippen molar-refractivity contribution >= 4 is 11.8 Å². The van der Waals surface area contributed by atoms with Gasteiger partial charge in [0.15, 0.2) is 5.76 Å². The molecule has 1 aliphatic heterocycles. The first-order chi connectivity index (χ1) is 8.93. The Kier molecular flexibility index (Phi) is 3.61. The molecule has 1 aromatic heterocycles. The smallest absolute Gasteiger partial charge is 0.290 e. The Morgan fingerprint density at radius 1 is 1.47 bits per heavy atom. The Morgan fingerprint density at radius 2 is 2.16 bits per heavy atom. The van der Waals surface area contributed by atoms with Crippen LogP contribution in [0.4, 0.5) is 0 Å². The number of furan rings is 1. The number of nitrogens with zero attached hydrogens (tertiary/aromatic N) is 1. The van der Waals surface area contributed by atoms with Crippen LogP contribution in [0, 0.1) is 13.8 Å². The van der Waals surface area contributed by atoms with Crippen molar-refractivity contribution < 1.29 is 18.7 Å². The van der Waals surface area contributed by atoms with E-state index in [2.05, 4.69) is 0 Å². The molecule has 0 aromatic carbocycles. The summed E-state index contributed by atoms with van der Waals surface area (Å²) in [6.45, 7) is 3.92. The molecule has 0 unspecified atom stereocenters. The fourth-order valence-electron chi connectivity index (χ4n) is 2.45. The van der Waals surface area contributed by atoms with Gasteiger partial charge < -0.3 is 19.8 Å². The van der Waals surface area contributed by atoms with E-state index in [1.54, 1.807) is 27.0 Å². The fraction of sp³-hybridized carbons (Fsp3) is 0.538. The largest absolute Gasteiger partial charge is 0.456 e. The number of primary amides is 1. The van der Waals surface area contributed by atoms with Crippen LogP contribution in [0.15, 0.2) is 10.5 Å². The molecule has 2 N–H and O–H groups in total. The molecule has 1 saturated heterocycles. The number of methoxy groups -OCH3 is 1. The third-order valence-corrected chi connectivity index (χ3v) is 3.42. The van der Waals surface area contributed by atoms with E-state index in [4.69, 9.17) is 14.9 Å². The van der Waals surface area contributed by atoms with E-state index in [-0.39, 0.29) is 17.8 Å². The van der Waals surface area contributed by atoms with Gasteiger partial charge in [-0.25, -0.2) is 0 Å². The molecule has 1 aromatic rings. The summed E-state index contributed by atoms with van der Waals surface area (Å²) in [6.07, 6.45) is 0.258. The lowest BCUT2D eigenvalue weighted by molar-refractivity contribution is -0.121. The molecular weight excluding hydrogens is 248 g/mol. The second-order valence-corrected chi connectivity index (χ2v) is 4.84. The number of rotatable bonds is 3. The highest BCUT2D eigenvalue weighted by Gasteiger charge is 2.40. The Bertz CT molecular complexity index is 509. The molecule has 0 spiro atoms.